The number of carbonyl (C=O) groups is 3. The summed E-state index contributed by atoms with van der Waals surface area (Å²) in [5.41, 5.74) is 0.643. The molecule has 0 bridgehead atoms. The van der Waals surface area contributed by atoms with Gasteiger partial charge in [-0.3, -0.25) is 14.5 Å². The molecule has 2 aromatic carbocycles. The van der Waals surface area contributed by atoms with Crippen molar-refractivity contribution < 1.29 is 14.4 Å². The molecule has 1 heterocycles. The second kappa shape index (κ2) is 7.61. The maximum absolute atomic E-state index is 12.8. The molecule has 0 unspecified atom stereocenters. The van der Waals surface area contributed by atoms with Crippen LogP contribution in [0, 0.1) is 0 Å². The molecule has 6 nitrogen and oxygen atoms in total. The molecule has 2 N–H and O–H groups in total. The molecule has 1 aliphatic heterocycles. The predicted molar refractivity (Wildman–Crippen MR) is 102 cm³/mol. The lowest BCUT2D eigenvalue weighted by molar-refractivity contribution is -0.134. The average Bonchev–Trinajstić information content (AvgIpc) is 2.91. The van der Waals surface area contributed by atoms with Gasteiger partial charge in [0, 0.05) is 6.54 Å². The van der Waals surface area contributed by atoms with Crippen LogP contribution in [-0.2, 0) is 15.1 Å². The summed E-state index contributed by atoms with van der Waals surface area (Å²) in [4.78, 5) is 38.3. The maximum Gasteiger partial charge on any atom is 0.325 e. The minimum Gasteiger partial charge on any atom is -0.354 e. The second-order valence-electron chi connectivity index (χ2n) is 6.93. The fraction of sp³-hybridized carbons (Fsp3) is 0.286. The Morgan fingerprint density at radius 1 is 1.07 bits per heavy atom. The quantitative estimate of drug-likeness (QED) is 0.772. The Bertz CT molecular complexity index is 838. The Morgan fingerprint density at radius 3 is 2.30 bits per heavy atom. The number of benzene rings is 2. The molecule has 1 saturated heterocycles. The van der Waals surface area contributed by atoms with Crippen molar-refractivity contribution in [2.75, 3.05) is 13.1 Å². The number of hydrogen-bond acceptors (Lipinski definition) is 3. The molecule has 27 heavy (non-hydrogen) atoms. The average molecular weight is 365 g/mol. The number of nitrogens with one attached hydrogen (secondary N) is 2. The van der Waals surface area contributed by atoms with Gasteiger partial charge in [0.25, 0.3) is 5.91 Å². The summed E-state index contributed by atoms with van der Waals surface area (Å²) in [6.45, 7) is 3.80. The fourth-order valence-electron chi connectivity index (χ4n) is 3.17. The fourth-order valence-corrected chi connectivity index (χ4v) is 3.17. The summed E-state index contributed by atoms with van der Waals surface area (Å²) in [6.07, 6.45) is 0. The van der Waals surface area contributed by atoms with Crippen LogP contribution in [0.15, 0.2) is 60.7 Å². The van der Waals surface area contributed by atoms with E-state index in [1.165, 1.54) is 0 Å². The molecule has 3 rings (SSSR count). The molecule has 6 heteroatoms. The van der Waals surface area contributed by atoms with E-state index in [0.29, 0.717) is 12.1 Å². The molecule has 1 fully saturated rings. The van der Waals surface area contributed by atoms with Crippen LogP contribution in [0.5, 0.6) is 0 Å². The van der Waals surface area contributed by atoms with Gasteiger partial charge in [-0.15, -0.1) is 0 Å². The van der Waals surface area contributed by atoms with Crippen molar-refractivity contribution in [3.05, 3.63) is 71.8 Å². The molecule has 0 aromatic heterocycles. The SMILES string of the molecule is C[C@H](CNC(=O)CN1C(=O)N[C@](C)(c2ccccc2)C1=O)c1ccccc1. The Labute approximate surface area is 158 Å². The lowest BCUT2D eigenvalue weighted by Crippen LogP contribution is -2.43. The van der Waals surface area contributed by atoms with Crippen LogP contribution >= 0.6 is 0 Å². The highest BCUT2D eigenvalue weighted by molar-refractivity contribution is 6.09. The van der Waals surface area contributed by atoms with Gasteiger partial charge in [-0.05, 0) is 24.0 Å². The van der Waals surface area contributed by atoms with Gasteiger partial charge in [-0.25, -0.2) is 4.79 Å². The molecular weight excluding hydrogens is 342 g/mol. The lowest BCUT2D eigenvalue weighted by Gasteiger charge is -2.22. The molecule has 1 aliphatic rings. The summed E-state index contributed by atoms with van der Waals surface area (Å²) >= 11 is 0. The normalized spacial score (nSPS) is 20.3. The van der Waals surface area contributed by atoms with Crippen molar-refractivity contribution in [2.45, 2.75) is 25.3 Å². The molecule has 0 spiro atoms. The Balaban J connectivity index is 1.61. The van der Waals surface area contributed by atoms with E-state index in [0.717, 1.165) is 10.5 Å². The summed E-state index contributed by atoms with van der Waals surface area (Å²) in [5, 5.41) is 5.50. The third-order valence-corrected chi connectivity index (χ3v) is 4.90. The third kappa shape index (κ3) is 3.84. The van der Waals surface area contributed by atoms with Crippen LogP contribution in [0.1, 0.15) is 30.9 Å². The van der Waals surface area contributed by atoms with Crippen molar-refractivity contribution in [1.29, 1.82) is 0 Å². The minimum absolute atomic E-state index is 0.132. The summed E-state index contributed by atoms with van der Waals surface area (Å²) < 4.78 is 0. The highest BCUT2D eigenvalue weighted by Gasteiger charge is 2.49. The van der Waals surface area contributed by atoms with Gasteiger partial charge in [0.2, 0.25) is 5.91 Å². The first-order valence-electron chi connectivity index (χ1n) is 8.93. The first kappa shape index (κ1) is 18.6. The zero-order valence-corrected chi connectivity index (χ0v) is 15.4. The molecule has 140 valence electrons. The topological polar surface area (TPSA) is 78.5 Å². The summed E-state index contributed by atoms with van der Waals surface area (Å²) in [7, 11) is 0. The molecule has 0 radical (unpaired) electrons. The molecule has 0 saturated carbocycles. The highest BCUT2D eigenvalue weighted by Crippen LogP contribution is 2.28. The van der Waals surface area contributed by atoms with Gasteiger partial charge >= 0.3 is 6.03 Å². The van der Waals surface area contributed by atoms with Gasteiger partial charge in [0.15, 0.2) is 0 Å². The zero-order chi connectivity index (χ0) is 19.4. The van der Waals surface area contributed by atoms with Gasteiger partial charge in [0.1, 0.15) is 12.1 Å². The number of amides is 4. The Hall–Kier alpha value is -3.15. The van der Waals surface area contributed by atoms with Gasteiger partial charge < -0.3 is 10.6 Å². The first-order chi connectivity index (χ1) is 12.9. The highest BCUT2D eigenvalue weighted by atomic mass is 16.2. The third-order valence-electron chi connectivity index (χ3n) is 4.90. The van der Waals surface area contributed by atoms with Crippen molar-refractivity contribution in [3.63, 3.8) is 0 Å². The Morgan fingerprint density at radius 2 is 1.67 bits per heavy atom. The van der Waals surface area contributed by atoms with Crippen molar-refractivity contribution in [2.24, 2.45) is 0 Å². The van der Waals surface area contributed by atoms with Gasteiger partial charge in [-0.2, -0.15) is 0 Å². The van der Waals surface area contributed by atoms with Gasteiger partial charge in [0.05, 0.1) is 0 Å². The Kier molecular flexibility index (Phi) is 5.26. The molecule has 4 amide bonds. The van der Waals surface area contributed by atoms with Crippen LogP contribution < -0.4 is 10.6 Å². The lowest BCUT2D eigenvalue weighted by atomic mass is 9.92. The van der Waals surface area contributed by atoms with E-state index in [2.05, 4.69) is 10.6 Å². The smallest absolute Gasteiger partial charge is 0.325 e. The molecule has 2 atom stereocenters. The minimum atomic E-state index is -1.16. The van der Waals surface area contributed by atoms with E-state index in [1.807, 2.05) is 43.3 Å². The van der Waals surface area contributed by atoms with Crippen LogP contribution in [0.4, 0.5) is 4.79 Å². The summed E-state index contributed by atoms with van der Waals surface area (Å²) in [6, 6.07) is 18.3. The van der Waals surface area contributed by atoms with Gasteiger partial charge in [-0.1, -0.05) is 67.6 Å². The van der Waals surface area contributed by atoms with Crippen LogP contribution in [0.25, 0.3) is 0 Å². The van der Waals surface area contributed by atoms with E-state index >= 15 is 0 Å². The van der Waals surface area contributed by atoms with E-state index in [9.17, 15) is 14.4 Å². The number of urea groups is 1. The van der Waals surface area contributed by atoms with E-state index in [1.54, 1.807) is 31.2 Å². The molecule has 0 aliphatic carbocycles. The van der Waals surface area contributed by atoms with Crippen LogP contribution in [0.2, 0.25) is 0 Å². The zero-order valence-electron chi connectivity index (χ0n) is 15.4. The standard InChI is InChI=1S/C21H23N3O3/c1-15(16-9-5-3-6-10-16)13-22-18(25)14-24-19(26)21(2,23-20(24)27)17-11-7-4-8-12-17/h3-12,15H,13-14H2,1-2H3,(H,22,25)(H,23,27)/t15-,21-/m1/s1. The van der Waals surface area contributed by atoms with E-state index in [-0.39, 0.29) is 18.4 Å². The van der Waals surface area contributed by atoms with E-state index in [4.69, 9.17) is 0 Å². The maximum atomic E-state index is 12.8. The first-order valence-corrected chi connectivity index (χ1v) is 8.93. The molecular formula is C21H23N3O3. The van der Waals surface area contributed by atoms with E-state index < -0.39 is 17.5 Å². The number of carbonyl (C=O) groups excluding carboxylic acids is 3. The number of hydrogen-bond donors (Lipinski definition) is 2. The number of rotatable bonds is 6. The number of imide groups is 1. The summed E-state index contributed by atoms with van der Waals surface area (Å²) in [5.74, 6) is -0.656. The molecule has 2 aromatic rings. The van der Waals surface area contributed by atoms with Crippen molar-refractivity contribution >= 4 is 17.8 Å². The predicted octanol–water partition coefficient (Wildman–Crippen LogP) is 2.37. The van der Waals surface area contributed by atoms with Crippen molar-refractivity contribution in [3.8, 4) is 0 Å². The van der Waals surface area contributed by atoms with Crippen molar-refractivity contribution in [1.82, 2.24) is 15.5 Å². The van der Waals surface area contributed by atoms with Crippen LogP contribution in [-0.4, -0.2) is 35.8 Å². The largest absolute Gasteiger partial charge is 0.354 e. The van der Waals surface area contributed by atoms with Crippen LogP contribution in [0.3, 0.4) is 0 Å². The number of nitrogens with zero attached hydrogens (tertiary/aromatic N) is 1. The monoisotopic (exact) mass is 365 g/mol. The second-order valence-corrected chi connectivity index (χ2v) is 6.93.